The fourth-order valence-corrected chi connectivity index (χ4v) is 3.08. The Morgan fingerprint density at radius 1 is 1.55 bits per heavy atom. The van der Waals surface area contributed by atoms with Gasteiger partial charge in [0.2, 0.25) is 0 Å². The Kier molecular flexibility index (Phi) is 5.02. The molecular formula is C15H20ClNO3. The molecule has 0 aromatic heterocycles. The van der Waals surface area contributed by atoms with Crippen LogP contribution in [0.15, 0.2) is 24.3 Å². The van der Waals surface area contributed by atoms with Gasteiger partial charge in [0.25, 0.3) is 0 Å². The van der Waals surface area contributed by atoms with Gasteiger partial charge in [-0.1, -0.05) is 30.7 Å². The van der Waals surface area contributed by atoms with Gasteiger partial charge in [0, 0.05) is 17.1 Å². The lowest BCUT2D eigenvalue weighted by Crippen LogP contribution is -2.42. The number of benzene rings is 1. The van der Waals surface area contributed by atoms with E-state index in [-0.39, 0.29) is 18.7 Å². The Morgan fingerprint density at radius 3 is 2.90 bits per heavy atom. The molecule has 1 saturated heterocycles. The summed E-state index contributed by atoms with van der Waals surface area (Å²) >= 11 is 6.05. The monoisotopic (exact) mass is 297 g/mol. The maximum Gasteiger partial charge on any atom is 0.310 e. The number of carboxylic acid groups (broad SMARTS) is 1. The standard InChI is InChI=1S/C15H20ClNO3/c1-3-13(10-5-4-6-11(16)7-10)17(2)14-9-20-8-12(14)15(18)19/h4-7,12-14H,3,8-9H2,1-2H3,(H,18,19). The third-order valence-corrected chi connectivity index (χ3v) is 4.24. The maximum atomic E-state index is 11.3. The molecule has 1 N–H and O–H groups in total. The molecule has 3 unspecified atom stereocenters. The van der Waals surface area contributed by atoms with E-state index in [9.17, 15) is 9.90 Å². The molecule has 0 radical (unpaired) electrons. The summed E-state index contributed by atoms with van der Waals surface area (Å²) in [4.78, 5) is 13.4. The highest BCUT2D eigenvalue weighted by Gasteiger charge is 2.38. The van der Waals surface area contributed by atoms with E-state index in [1.54, 1.807) is 0 Å². The molecule has 3 atom stereocenters. The van der Waals surface area contributed by atoms with Crippen LogP contribution in [0.25, 0.3) is 0 Å². The Bertz CT molecular complexity index is 480. The van der Waals surface area contributed by atoms with Gasteiger partial charge in [-0.25, -0.2) is 0 Å². The molecule has 1 aromatic carbocycles. The molecule has 1 aliphatic heterocycles. The molecule has 1 heterocycles. The van der Waals surface area contributed by atoms with Crippen molar-refractivity contribution in [1.29, 1.82) is 0 Å². The highest BCUT2D eigenvalue weighted by molar-refractivity contribution is 6.30. The number of carbonyl (C=O) groups is 1. The third-order valence-electron chi connectivity index (χ3n) is 4.00. The minimum atomic E-state index is -0.791. The van der Waals surface area contributed by atoms with E-state index in [1.807, 2.05) is 31.3 Å². The number of hydrogen-bond donors (Lipinski definition) is 1. The van der Waals surface area contributed by atoms with Crippen LogP contribution in [0.5, 0.6) is 0 Å². The number of nitrogens with zero attached hydrogens (tertiary/aromatic N) is 1. The lowest BCUT2D eigenvalue weighted by molar-refractivity contribution is -0.143. The van der Waals surface area contributed by atoms with Crippen LogP contribution in [0.4, 0.5) is 0 Å². The van der Waals surface area contributed by atoms with Gasteiger partial charge in [-0.2, -0.15) is 0 Å². The second kappa shape index (κ2) is 6.57. The number of likely N-dealkylation sites (N-methyl/N-ethyl adjacent to an activating group) is 1. The first kappa shape index (κ1) is 15.3. The zero-order valence-electron chi connectivity index (χ0n) is 11.8. The van der Waals surface area contributed by atoms with Gasteiger partial charge in [-0.15, -0.1) is 0 Å². The van der Waals surface area contributed by atoms with E-state index in [2.05, 4.69) is 11.8 Å². The zero-order chi connectivity index (χ0) is 14.7. The summed E-state index contributed by atoms with van der Waals surface area (Å²) in [5, 5.41) is 9.97. The first-order chi connectivity index (χ1) is 9.54. The van der Waals surface area contributed by atoms with Gasteiger partial charge in [0.05, 0.1) is 19.1 Å². The molecule has 2 rings (SSSR count). The average Bonchev–Trinajstić information content (AvgIpc) is 2.89. The molecule has 0 saturated carbocycles. The van der Waals surface area contributed by atoms with Crippen molar-refractivity contribution in [2.75, 3.05) is 20.3 Å². The minimum absolute atomic E-state index is 0.101. The molecule has 0 aliphatic carbocycles. The summed E-state index contributed by atoms with van der Waals surface area (Å²) < 4.78 is 5.36. The molecule has 1 fully saturated rings. The molecule has 5 heteroatoms. The van der Waals surface area contributed by atoms with Crippen LogP contribution < -0.4 is 0 Å². The summed E-state index contributed by atoms with van der Waals surface area (Å²) in [5.41, 5.74) is 1.11. The van der Waals surface area contributed by atoms with Crippen molar-refractivity contribution in [3.8, 4) is 0 Å². The summed E-state index contributed by atoms with van der Waals surface area (Å²) in [6, 6.07) is 7.78. The van der Waals surface area contributed by atoms with Gasteiger partial charge in [0.1, 0.15) is 0 Å². The topological polar surface area (TPSA) is 49.8 Å². The van der Waals surface area contributed by atoms with E-state index < -0.39 is 11.9 Å². The Hall–Kier alpha value is -1.10. The Morgan fingerprint density at radius 2 is 2.30 bits per heavy atom. The smallest absolute Gasteiger partial charge is 0.310 e. The van der Waals surface area contributed by atoms with Crippen molar-refractivity contribution in [2.45, 2.75) is 25.4 Å². The fourth-order valence-electron chi connectivity index (χ4n) is 2.88. The highest BCUT2D eigenvalue weighted by Crippen LogP contribution is 2.31. The summed E-state index contributed by atoms with van der Waals surface area (Å²) in [6.07, 6.45) is 0.889. The van der Waals surface area contributed by atoms with Crippen LogP contribution in [0.2, 0.25) is 5.02 Å². The number of aliphatic carboxylic acids is 1. The zero-order valence-corrected chi connectivity index (χ0v) is 12.5. The lowest BCUT2D eigenvalue weighted by Gasteiger charge is -2.34. The van der Waals surface area contributed by atoms with E-state index in [4.69, 9.17) is 16.3 Å². The summed E-state index contributed by atoms with van der Waals surface area (Å²) in [7, 11) is 1.96. The largest absolute Gasteiger partial charge is 0.481 e. The van der Waals surface area contributed by atoms with Crippen LogP contribution >= 0.6 is 11.6 Å². The van der Waals surface area contributed by atoms with Crippen LogP contribution in [0, 0.1) is 5.92 Å². The number of rotatable bonds is 5. The maximum absolute atomic E-state index is 11.3. The van der Waals surface area contributed by atoms with Crippen LogP contribution in [0.1, 0.15) is 24.9 Å². The predicted molar refractivity (Wildman–Crippen MR) is 78.0 cm³/mol. The van der Waals surface area contributed by atoms with Crippen molar-refractivity contribution in [3.05, 3.63) is 34.9 Å². The second-order valence-electron chi connectivity index (χ2n) is 5.19. The van der Waals surface area contributed by atoms with Gasteiger partial charge in [-0.05, 0) is 31.2 Å². The number of carboxylic acids is 1. The highest BCUT2D eigenvalue weighted by atomic mass is 35.5. The fraction of sp³-hybridized carbons (Fsp3) is 0.533. The molecule has 1 aromatic rings. The Labute approximate surface area is 124 Å². The van der Waals surface area contributed by atoms with Gasteiger partial charge in [-0.3, -0.25) is 9.69 Å². The molecule has 0 bridgehead atoms. The number of halogens is 1. The molecule has 1 aliphatic rings. The first-order valence-electron chi connectivity index (χ1n) is 6.82. The van der Waals surface area contributed by atoms with Crippen molar-refractivity contribution < 1.29 is 14.6 Å². The Balaban J connectivity index is 2.20. The SMILES string of the molecule is CCC(c1cccc(Cl)c1)N(C)C1COCC1C(=O)O. The minimum Gasteiger partial charge on any atom is -0.481 e. The lowest BCUT2D eigenvalue weighted by atomic mass is 9.97. The van der Waals surface area contributed by atoms with Crippen LogP contribution in [0.3, 0.4) is 0 Å². The van der Waals surface area contributed by atoms with Gasteiger partial charge in [0.15, 0.2) is 0 Å². The van der Waals surface area contributed by atoms with E-state index in [0.717, 1.165) is 12.0 Å². The predicted octanol–water partition coefficient (Wildman–Crippen LogP) is 2.82. The summed E-state index contributed by atoms with van der Waals surface area (Å²) in [6.45, 7) is 2.84. The molecular weight excluding hydrogens is 278 g/mol. The van der Waals surface area contributed by atoms with Crippen molar-refractivity contribution in [3.63, 3.8) is 0 Å². The molecule has 0 amide bonds. The second-order valence-corrected chi connectivity index (χ2v) is 5.63. The van der Waals surface area contributed by atoms with E-state index >= 15 is 0 Å². The molecule has 20 heavy (non-hydrogen) atoms. The number of hydrogen-bond acceptors (Lipinski definition) is 3. The van der Waals surface area contributed by atoms with Crippen LogP contribution in [-0.2, 0) is 9.53 Å². The molecule has 0 spiro atoms. The van der Waals surface area contributed by atoms with E-state index in [1.165, 1.54) is 0 Å². The third kappa shape index (κ3) is 3.14. The molecule has 110 valence electrons. The quantitative estimate of drug-likeness (QED) is 0.908. The number of ether oxygens (including phenoxy) is 1. The van der Waals surface area contributed by atoms with E-state index in [0.29, 0.717) is 11.6 Å². The van der Waals surface area contributed by atoms with Crippen molar-refractivity contribution in [1.82, 2.24) is 4.90 Å². The first-order valence-corrected chi connectivity index (χ1v) is 7.20. The van der Waals surface area contributed by atoms with Gasteiger partial charge >= 0.3 is 5.97 Å². The summed E-state index contributed by atoms with van der Waals surface area (Å²) in [5.74, 6) is -1.26. The molecule has 4 nitrogen and oxygen atoms in total. The normalized spacial score (nSPS) is 24.0. The van der Waals surface area contributed by atoms with Gasteiger partial charge < -0.3 is 9.84 Å². The van der Waals surface area contributed by atoms with Crippen LogP contribution in [-0.4, -0.2) is 42.3 Å². The van der Waals surface area contributed by atoms with Crippen molar-refractivity contribution in [2.24, 2.45) is 5.92 Å². The average molecular weight is 298 g/mol. The van der Waals surface area contributed by atoms with Crippen molar-refractivity contribution >= 4 is 17.6 Å².